The van der Waals surface area contributed by atoms with Crippen molar-refractivity contribution in [3.05, 3.63) is 51.9 Å². The predicted octanol–water partition coefficient (Wildman–Crippen LogP) is 4.07. The minimum absolute atomic E-state index is 0.0365. The second-order valence-corrected chi connectivity index (χ2v) is 8.92. The average Bonchev–Trinajstić information content (AvgIpc) is 2.78. The molecule has 1 amide bonds. The van der Waals surface area contributed by atoms with E-state index in [1.54, 1.807) is 24.3 Å². The van der Waals surface area contributed by atoms with Crippen LogP contribution in [0.3, 0.4) is 0 Å². The van der Waals surface area contributed by atoms with Gasteiger partial charge in [-0.1, -0.05) is 11.6 Å². The molecule has 0 spiro atoms. The molecule has 2 heterocycles. The first-order chi connectivity index (χ1) is 15.0. The molecule has 6 nitrogen and oxygen atoms in total. The smallest absolute Gasteiger partial charge is 0.220 e. The fraction of sp³-hybridized carbons (Fsp3) is 0.500. The molecule has 1 aliphatic heterocycles. The summed E-state index contributed by atoms with van der Waals surface area (Å²) in [7, 11) is 0. The first-order valence-corrected chi connectivity index (χ1v) is 11.6. The fourth-order valence-corrected chi connectivity index (χ4v) is 4.62. The molecule has 2 aromatic rings. The zero-order valence-corrected chi connectivity index (χ0v) is 18.7. The van der Waals surface area contributed by atoms with E-state index in [-0.39, 0.29) is 30.6 Å². The third kappa shape index (κ3) is 5.42. The number of hydrogen-bond donors (Lipinski definition) is 1. The Balaban J connectivity index is 1.27. The number of piperidine rings is 1. The van der Waals surface area contributed by atoms with Crippen molar-refractivity contribution in [2.24, 2.45) is 0 Å². The van der Waals surface area contributed by atoms with Crippen LogP contribution in [0.15, 0.2) is 24.3 Å². The zero-order chi connectivity index (χ0) is 21.8. The second kappa shape index (κ2) is 9.77. The number of aromatic nitrogens is 2. The number of halogens is 1. The van der Waals surface area contributed by atoms with Crippen LogP contribution in [0.25, 0.3) is 0 Å². The number of Topliss-reactive ketones (excluding diaryl/α,β-unsaturated/α-hetero) is 1. The number of nitrogens with zero attached hydrogens (tertiary/aromatic N) is 3. The first-order valence-electron chi connectivity index (χ1n) is 11.2. The van der Waals surface area contributed by atoms with Crippen molar-refractivity contribution in [1.82, 2.24) is 15.3 Å². The van der Waals surface area contributed by atoms with Gasteiger partial charge in [-0.2, -0.15) is 0 Å². The highest BCUT2D eigenvalue weighted by Crippen LogP contribution is 2.29. The number of anilines is 1. The van der Waals surface area contributed by atoms with E-state index in [9.17, 15) is 9.59 Å². The molecule has 4 rings (SSSR count). The highest BCUT2D eigenvalue weighted by atomic mass is 35.5. The lowest BCUT2D eigenvalue weighted by atomic mass is 9.95. The van der Waals surface area contributed by atoms with Gasteiger partial charge in [0.05, 0.1) is 0 Å². The molecule has 164 valence electrons. The van der Waals surface area contributed by atoms with E-state index >= 15 is 0 Å². The average molecular weight is 441 g/mol. The molecule has 1 aliphatic carbocycles. The van der Waals surface area contributed by atoms with E-state index in [0.717, 1.165) is 50.4 Å². The van der Waals surface area contributed by atoms with Crippen LogP contribution >= 0.6 is 11.6 Å². The molecule has 1 aromatic carbocycles. The summed E-state index contributed by atoms with van der Waals surface area (Å²) in [5, 5.41) is 3.70. The van der Waals surface area contributed by atoms with Crippen molar-refractivity contribution in [3.63, 3.8) is 0 Å². The number of rotatable bonds is 6. The van der Waals surface area contributed by atoms with Crippen molar-refractivity contribution in [1.29, 1.82) is 0 Å². The number of carbonyl (C=O) groups is 2. The minimum atomic E-state index is -0.0592. The molecule has 1 fully saturated rings. The molecule has 0 radical (unpaired) electrons. The van der Waals surface area contributed by atoms with Gasteiger partial charge in [0.15, 0.2) is 5.78 Å². The van der Waals surface area contributed by atoms with Crippen LogP contribution in [-0.4, -0.2) is 40.8 Å². The van der Waals surface area contributed by atoms with Crippen molar-refractivity contribution in [2.75, 3.05) is 18.0 Å². The standard InChI is InChI=1S/C24H29ClN4O2/c1-16-26-21-5-3-2-4-20(21)24(27-16)29-14-12-19(13-15-29)28-23(31)11-10-22(30)17-6-8-18(25)9-7-17/h6-9,19H,2-5,10-15H2,1H3,(H,28,31). The summed E-state index contributed by atoms with van der Waals surface area (Å²) in [5.74, 6) is 1.85. The second-order valence-electron chi connectivity index (χ2n) is 8.49. The first kappa shape index (κ1) is 21.8. The van der Waals surface area contributed by atoms with Crippen LogP contribution in [0.1, 0.15) is 66.0 Å². The van der Waals surface area contributed by atoms with Crippen LogP contribution in [0.4, 0.5) is 5.82 Å². The molecule has 1 N–H and O–H groups in total. The number of carbonyl (C=O) groups excluding carboxylic acids is 2. The van der Waals surface area contributed by atoms with E-state index < -0.39 is 0 Å². The van der Waals surface area contributed by atoms with Gasteiger partial charge in [-0.25, -0.2) is 9.97 Å². The number of benzene rings is 1. The normalized spacial score (nSPS) is 16.6. The Kier molecular flexibility index (Phi) is 6.86. The molecular formula is C24H29ClN4O2. The number of fused-ring (bicyclic) bond motifs is 1. The molecule has 0 unspecified atom stereocenters. The predicted molar refractivity (Wildman–Crippen MR) is 122 cm³/mol. The van der Waals surface area contributed by atoms with E-state index in [1.165, 1.54) is 24.1 Å². The van der Waals surface area contributed by atoms with Gasteiger partial charge in [-0.05, 0) is 69.7 Å². The Morgan fingerprint density at radius 2 is 1.77 bits per heavy atom. The lowest BCUT2D eigenvalue weighted by Crippen LogP contribution is -2.45. The molecular weight excluding hydrogens is 412 g/mol. The van der Waals surface area contributed by atoms with E-state index in [1.807, 2.05) is 6.92 Å². The Morgan fingerprint density at radius 3 is 2.52 bits per heavy atom. The zero-order valence-electron chi connectivity index (χ0n) is 18.0. The summed E-state index contributed by atoms with van der Waals surface area (Å²) in [6.07, 6.45) is 6.70. The Bertz CT molecular complexity index is 953. The van der Waals surface area contributed by atoms with E-state index in [4.69, 9.17) is 16.6 Å². The maximum atomic E-state index is 12.4. The van der Waals surface area contributed by atoms with Gasteiger partial charge in [-0.3, -0.25) is 9.59 Å². The van der Waals surface area contributed by atoms with Gasteiger partial charge < -0.3 is 10.2 Å². The number of aryl methyl sites for hydroxylation is 2. The van der Waals surface area contributed by atoms with Crippen LogP contribution in [0.5, 0.6) is 0 Å². The van der Waals surface area contributed by atoms with E-state index in [0.29, 0.717) is 10.6 Å². The number of amides is 1. The van der Waals surface area contributed by atoms with Gasteiger partial charge in [-0.15, -0.1) is 0 Å². The van der Waals surface area contributed by atoms with Crippen molar-refractivity contribution in [2.45, 2.75) is 64.3 Å². The third-order valence-corrected chi connectivity index (χ3v) is 6.43. The summed E-state index contributed by atoms with van der Waals surface area (Å²) in [6, 6.07) is 6.93. The van der Waals surface area contributed by atoms with Crippen molar-refractivity contribution < 1.29 is 9.59 Å². The number of hydrogen-bond acceptors (Lipinski definition) is 5. The number of nitrogens with one attached hydrogen (secondary N) is 1. The largest absolute Gasteiger partial charge is 0.356 e. The van der Waals surface area contributed by atoms with Gasteiger partial charge in [0.1, 0.15) is 11.6 Å². The molecule has 0 saturated carbocycles. The van der Waals surface area contributed by atoms with Crippen molar-refractivity contribution in [3.8, 4) is 0 Å². The third-order valence-electron chi connectivity index (χ3n) is 6.18. The number of ketones is 1. The molecule has 7 heteroatoms. The quantitative estimate of drug-likeness (QED) is 0.685. The van der Waals surface area contributed by atoms with Gasteiger partial charge in [0.25, 0.3) is 0 Å². The maximum absolute atomic E-state index is 12.4. The SMILES string of the molecule is Cc1nc2c(c(N3CCC(NC(=O)CCC(=O)c4ccc(Cl)cc4)CC3)n1)CCCC2. The monoisotopic (exact) mass is 440 g/mol. The summed E-state index contributed by atoms with van der Waals surface area (Å²) < 4.78 is 0. The highest BCUT2D eigenvalue weighted by molar-refractivity contribution is 6.30. The highest BCUT2D eigenvalue weighted by Gasteiger charge is 2.26. The minimum Gasteiger partial charge on any atom is -0.356 e. The molecule has 0 atom stereocenters. The van der Waals surface area contributed by atoms with Crippen molar-refractivity contribution >= 4 is 29.1 Å². The van der Waals surface area contributed by atoms with Gasteiger partial charge in [0, 0.05) is 53.8 Å². The lowest BCUT2D eigenvalue weighted by molar-refractivity contribution is -0.121. The summed E-state index contributed by atoms with van der Waals surface area (Å²) in [5.41, 5.74) is 3.13. The van der Waals surface area contributed by atoms with Gasteiger partial charge in [0.2, 0.25) is 5.91 Å². The van der Waals surface area contributed by atoms with Crippen LogP contribution in [0, 0.1) is 6.92 Å². The summed E-state index contributed by atoms with van der Waals surface area (Å²) in [4.78, 5) is 36.4. The molecule has 1 saturated heterocycles. The fourth-order valence-electron chi connectivity index (χ4n) is 4.50. The molecule has 31 heavy (non-hydrogen) atoms. The Hall–Kier alpha value is -2.47. The van der Waals surface area contributed by atoms with Crippen LogP contribution in [-0.2, 0) is 17.6 Å². The summed E-state index contributed by atoms with van der Waals surface area (Å²) in [6.45, 7) is 3.71. The molecule has 1 aromatic heterocycles. The van der Waals surface area contributed by atoms with Crippen LogP contribution < -0.4 is 10.2 Å². The summed E-state index contributed by atoms with van der Waals surface area (Å²) >= 11 is 5.86. The van der Waals surface area contributed by atoms with Gasteiger partial charge >= 0.3 is 0 Å². The molecule has 2 aliphatic rings. The van der Waals surface area contributed by atoms with E-state index in [2.05, 4.69) is 15.2 Å². The topological polar surface area (TPSA) is 75.2 Å². The lowest BCUT2D eigenvalue weighted by Gasteiger charge is -2.35. The Morgan fingerprint density at radius 1 is 1.06 bits per heavy atom. The van der Waals surface area contributed by atoms with Crippen LogP contribution in [0.2, 0.25) is 5.02 Å². The maximum Gasteiger partial charge on any atom is 0.220 e. The Labute approximate surface area is 188 Å². The molecule has 0 bridgehead atoms.